The van der Waals surface area contributed by atoms with Crippen LogP contribution >= 0.6 is 11.6 Å². The van der Waals surface area contributed by atoms with E-state index in [9.17, 15) is 9.59 Å². The third-order valence-corrected chi connectivity index (χ3v) is 2.68. The topological polar surface area (TPSA) is 37.4 Å². The number of carbonyl (C=O) groups is 2. The van der Waals surface area contributed by atoms with Crippen LogP contribution < -0.4 is 4.90 Å². The van der Waals surface area contributed by atoms with Gasteiger partial charge in [-0.2, -0.15) is 0 Å². The molecule has 0 radical (unpaired) electrons. The van der Waals surface area contributed by atoms with Gasteiger partial charge in [-0.1, -0.05) is 17.7 Å². The van der Waals surface area contributed by atoms with Crippen molar-refractivity contribution in [2.24, 2.45) is 0 Å². The van der Waals surface area contributed by atoms with Crippen LogP contribution in [0.15, 0.2) is 18.2 Å². The first-order chi connectivity index (χ1) is 7.08. The summed E-state index contributed by atoms with van der Waals surface area (Å²) in [6.07, 6.45) is -0.00972. The van der Waals surface area contributed by atoms with Gasteiger partial charge >= 0.3 is 0 Å². The lowest BCUT2D eigenvalue weighted by Gasteiger charge is -2.16. The molecule has 0 atom stereocenters. The first kappa shape index (κ1) is 10.2. The number of carbonyl (C=O) groups excluding carboxylic acids is 2. The Bertz CT molecular complexity index is 442. The maximum Gasteiger partial charge on any atom is 0.234 e. The molecule has 1 aliphatic heterocycles. The summed E-state index contributed by atoms with van der Waals surface area (Å²) >= 11 is 6.02. The Morgan fingerprint density at radius 2 is 2.07 bits per heavy atom. The normalized spacial score (nSPS) is 16.3. The fourth-order valence-electron chi connectivity index (χ4n) is 1.63. The number of rotatable bonds is 1. The summed E-state index contributed by atoms with van der Waals surface area (Å²) in [4.78, 5) is 24.0. The second kappa shape index (κ2) is 3.66. The van der Waals surface area contributed by atoms with E-state index in [0.29, 0.717) is 10.7 Å². The lowest BCUT2D eigenvalue weighted by atomic mass is 10.2. The number of hydrogen-bond donors (Lipinski definition) is 0. The number of ketones is 1. The Morgan fingerprint density at radius 3 is 2.60 bits per heavy atom. The van der Waals surface area contributed by atoms with Crippen molar-refractivity contribution >= 4 is 29.0 Å². The molecule has 0 saturated carbocycles. The molecule has 0 bridgehead atoms. The van der Waals surface area contributed by atoms with Crippen molar-refractivity contribution in [3.63, 3.8) is 0 Å². The lowest BCUT2D eigenvalue weighted by Crippen LogP contribution is -2.24. The summed E-state index contributed by atoms with van der Waals surface area (Å²) in [6.45, 7) is 2.06. The van der Waals surface area contributed by atoms with E-state index in [1.807, 2.05) is 13.0 Å². The average Bonchev–Trinajstić information content (AvgIpc) is 2.45. The minimum Gasteiger partial charge on any atom is -0.303 e. The number of aryl methyl sites for hydroxylation is 1. The molecule has 1 heterocycles. The van der Waals surface area contributed by atoms with Crippen LogP contribution in [-0.4, -0.2) is 18.2 Å². The zero-order chi connectivity index (χ0) is 11.0. The van der Waals surface area contributed by atoms with Crippen molar-refractivity contribution in [1.29, 1.82) is 0 Å². The monoisotopic (exact) mass is 223 g/mol. The van der Waals surface area contributed by atoms with Crippen molar-refractivity contribution in [2.75, 3.05) is 11.4 Å². The fraction of sp³-hybridized carbons (Fsp3) is 0.273. The minimum absolute atomic E-state index is 0.00972. The van der Waals surface area contributed by atoms with Gasteiger partial charge in [0.2, 0.25) is 5.91 Å². The summed E-state index contributed by atoms with van der Waals surface area (Å²) in [5.41, 5.74) is 1.65. The van der Waals surface area contributed by atoms with Gasteiger partial charge in [0.1, 0.15) is 0 Å². The van der Waals surface area contributed by atoms with E-state index in [-0.39, 0.29) is 24.7 Å². The maximum atomic E-state index is 11.5. The number of anilines is 1. The summed E-state index contributed by atoms with van der Waals surface area (Å²) < 4.78 is 0. The van der Waals surface area contributed by atoms with Gasteiger partial charge in [-0.3, -0.25) is 9.59 Å². The molecule has 1 aromatic carbocycles. The molecule has 3 nitrogen and oxygen atoms in total. The van der Waals surface area contributed by atoms with Gasteiger partial charge in [-0.05, 0) is 24.6 Å². The second-order valence-corrected chi connectivity index (χ2v) is 4.06. The molecular weight excluding hydrogens is 214 g/mol. The number of benzene rings is 1. The average molecular weight is 224 g/mol. The van der Waals surface area contributed by atoms with Gasteiger partial charge in [-0.15, -0.1) is 0 Å². The Kier molecular flexibility index (Phi) is 2.49. The molecule has 1 saturated heterocycles. The summed E-state index contributed by atoms with van der Waals surface area (Å²) in [5.74, 6) is -0.234. The number of Topliss-reactive ketones (excluding diaryl/α,β-unsaturated/α-hetero) is 1. The highest BCUT2D eigenvalue weighted by molar-refractivity contribution is 6.34. The van der Waals surface area contributed by atoms with E-state index in [4.69, 9.17) is 11.6 Å². The van der Waals surface area contributed by atoms with Gasteiger partial charge in [0, 0.05) is 0 Å². The zero-order valence-corrected chi connectivity index (χ0v) is 9.04. The van der Waals surface area contributed by atoms with Crippen LogP contribution in [0.5, 0.6) is 0 Å². The molecule has 0 aromatic heterocycles. The molecule has 15 heavy (non-hydrogen) atoms. The summed E-state index contributed by atoms with van der Waals surface area (Å²) in [7, 11) is 0. The van der Waals surface area contributed by atoms with Crippen LogP contribution in [0.25, 0.3) is 0 Å². The molecule has 0 N–H and O–H groups in total. The van der Waals surface area contributed by atoms with E-state index >= 15 is 0 Å². The van der Waals surface area contributed by atoms with E-state index in [1.165, 1.54) is 4.90 Å². The molecule has 1 fully saturated rings. The van der Waals surface area contributed by atoms with Crippen LogP contribution in [0.1, 0.15) is 12.0 Å². The van der Waals surface area contributed by atoms with Gasteiger partial charge in [0.15, 0.2) is 5.78 Å². The van der Waals surface area contributed by atoms with Crippen LogP contribution in [-0.2, 0) is 9.59 Å². The van der Waals surface area contributed by atoms with Crippen molar-refractivity contribution in [2.45, 2.75) is 13.3 Å². The molecule has 0 unspecified atom stereocenters. The SMILES string of the molecule is Cc1ccc(N2CC(=O)CC2=O)c(Cl)c1. The van der Waals surface area contributed by atoms with Crippen molar-refractivity contribution < 1.29 is 9.59 Å². The van der Waals surface area contributed by atoms with Crippen LogP contribution in [0, 0.1) is 6.92 Å². The van der Waals surface area contributed by atoms with Gasteiger partial charge in [0.05, 0.1) is 23.7 Å². The summed E-state index contributed by atoms with van der Waals surface area (Å²) in [5, 5.41) is 0.512. The Balaban J connectivity index is 2.38. The largest absolute Gasteiger partial charge is 0.303 e. The number of amides is 1. The molecule has 0 spiro atoms. The Morgan fingerprint density at radius 1 is 1.33 bits per heavy atom. The molecule has 78 valence electrons. The van der Waals surface area contributed by atoms with E-state index < -0.39 is 0 Å². The molecule has 1 aromatic rings. The number of halogens is 1. The van der Waals surface area contributed by atoms with E-state index in [0.717, 1.165) is 5.56 Å². The third-order valence-electron chi connectivity index (χ3n) is 2.38. The quantitative estimate of drug-likeness (QED) is 0.683. The van der Waals surface area contributed by atoms with E-state index in [1.54, 1.807) is 12.1 Å². The van der Waals surface area contributed by atoms with Crippen molar-refractivity contribution in [1.82, 2.24) is 0 Å². The smallest absolute Gasteiger partial charge is 0.234 e. The molecule has 0 aliphatic carbocycles. The minimum atomic E-state index is -0.175. The van der Waals surface area contributed by atoms with Crippen LogP contribution in [0.3, 0.4) is 0 Å². The molecule has 1 aliphatic rings. The lowest BCUT2D eigenvalue weighted by molar-refractivity contribution is -0.121. The van der Waals surface area contributed by atoms with E-state index in [2.05, 4.69) is 0 Å². The molecule has 2 rings (SSSR count). The Labute approximate surface area is 92.6 Å². The zero-order valence-electron chi connectivity index (χ0n) is 8.29. The third kappa shape index (κ3) is 1.88. The summed E-state index contributed by atoms with van der Waals surface area (Å²) in [6, 6.07) is 5.43. The Hall–Kier alpha value is -1.35. The van der Waals surface area contributed by atoms with Gasteiger partial charge in [0.25, 0.3) is 0 Å². The fourth-order valence-corrected chi connectivity index (χ4v) is 1.97. The van der Waals surface area contributed by atoms with Crippen LogP contribution in [0.2, 0.25) is 5.02 Å². The van der Waals surface area contributed by atoms with Gasteiger partial charge < -0.3 is 4.90 Å². The molecule has 4 heteroatoms. The molecular formula is C11H10ClNO2. The standard InChI is InChI=1S/C11H10ClNO2/c1-7-2-3-10(9(12)4-7)13-6-8(14)5-11(13)15/h2-4H,5-6H2,1H3. The molecule has 1 amide bonds. The highest BCUT2D eigenvalue weighted by atomic mass is 35.5. The maximum absolute atomic E-state index is 11.5. The first-order valence-electron chi connectivity index (χ1n) is 4.66. The number of nitrogens with zero attached hydrogens (tertiary/aromatic N) is 1. The number of hydrogen-bond acceptors (Lipinski definition) is 2. The van der Waals surface area contributed by atoms with Gasteiger partial charge in [-0.25, -0.2) is 0 Å². The first-order valence-corrected chi connectivity index (χ1v) is 5.04. The van der Waals surface area contributed by atoms with Crippen molar-refractivity contribution in [3.8, 4) is 0 Å². The highest BCUT2D eigenvalue weighted by Gasteiger charge is 2.29. The highest BCUT2D eigenvalue weighted by Crippen LogP contribution is 2.29. The predicted octanol–water partition coefficient (Wildman–Crippen LogP) is 1.95. The van der Waals surface area contributed by atoms with Crippen molar-refractivity contribution in [3.05, 3.63) is 28.8 Å². The second-order valence-electron chi connectivity index (χ2n) is 3.65. The predicted molar refractivity (Wildman–Crippen MR) is 58.2 cm³/mol. The van der Waals surface area contributed by atoms with Crippen LogP contribution in [0.4, 0.5) is 5.69 Å².